The van der Waals surface area contributed by atoms with Crippen molar-refractivity contribution in [1.29, 1.82) is 0 Å². The minimum absolute atomic E-state index is 0.0599. The lowest BCUT2D eigenvalue weighted by Gasteiger charge is -2.10. The molecule has 1 atom stereocenters. The third kappa shape index (κ3) is 2.56. The highest BCUT2D eigenvalue weighted by molar-refractivity contribution is 7.94. The van der Waals surface area contributed by atoms with E-state index in [1.54, 1.807) is 18.2 Å². The fourth-order valence-corrected chi connectivity index (χ4v) is 2.66. The molecule has 0 spiro atoms. The Morgan fingerprint density at radius 1 is 1.27 bits per heavy atom. The molecular formula is C10H10FNO2S. The van der Waals surface area contributed by atoms with E-state index in [0.29, 0.717) is 5.69 Å². The molecule has 15 heavy (non-hydrogen) atoms. The van der Waals surface area contributed by atoms with Gasteiger partial charge < -0.3 is 5.32 Å². The number of anilines is 1. The van der Waals surface area contributed by atoms with Crippen LogP contribution in [0.15, 0.2) is 35.7 Å². The molecule has 1 heterocycles. The van der Waals surface area contributed by atoms with Gasteiger partial charge >= 0.3 is 0 Å². The Bertz CT molecular complexity index is 479. The second-order valence-electron chi connectivity index (χ2n) is 3.42. The molecule has 3 nitrogen and oxygen atoms in total. The lowest BCUT2D eigenvalue weighted by Crippen LogP contribution is -2.20. The molecule has 0 amide bonds. The lowest BCUT2D eigenvalue weighted by molar-refractivity contribution is 0.605. The van der Waals surface area contributed by atoms with Crippen LogP contribution >= 0.6 is 0 Å². The second-order valence-corrected chi connectivity index (χ2v) is 5.35. The first-order chi connectivity index (χ1) is 7.05. The molecule has 1 aromatic carbocycles. The molecule has 0 fully saturated rings. The van der Waals surface area contributed by atoms with Gasteiger partial charge in [0.2, 0.25) is 0 Å². The summed E-state index contributed by atoms with van der Waals surface area (Å²) in [6.45, 7) is 0. The van der Waals surface area contributed by atoms with Crippen LogP contribution in [0.2, 0.25) is 0 Å². The zero-order valence-corrected chi connectivity index (χ0v) is 8.67. The molecule has 0 unspecified atom stereocenters. The number of nitrogens with one attached hydrogen (secondary N) is 1. The van der Waals surface area contributed by atoms with Crippen molar-refractivity contribution < 1.29 is 12.8 Å². The van der Waals surface area contributed by atoms with Gasteiger partial charge in [0.15, 0.2) is 9.84 Å². The fraction of sp³-hybridized carbons (Fsp3) is 0.200. The lowest BCUT2D eigenvalue weighted by atomic mass is 10.2. The Balaban J connectivity index is 2.05. The molecular weight excluding hydrogens is 217 g/mol. The molecule has 80 valence electrons. The second kappa shape index (κ2) is 3.66. The highest BCUT2D eigenvalue weighted by Gasteiger charge is 2.21. The number of hydrogen-bond donors (Lipinski definition) is 1. The molecule has 0 aliphatic carbocycles. The average Bonchev–Trinajstić information content (AvgIpc) is 2.50. The molecule has 0 bridgehead atoms. The molecule has 2 rings (SSSR count). The van der Waals surface area contributed by atoms with E-state index in [1.807, 2.05) is 0 Å². The maximum Gasteiger partial charge on any atom is 0.173 e. The summed E-state index contributed by atoms with van der Waals surface area (Å²) in [6, 6.07) is 5.59. The Hall–Kier alpha value is -1.36. The van der Waals surface area contributed by atoms with Crippen LogP contribution in [0, 0.1) is 5.82 Å². The van der Waals surface area contributed by atoms with Crippen molar-refractivity contribution in [2.24, 2.45) is 0 Å². The van der Waals surface area contributed by atoms with Crippen molar-refractivity contribution in [2.75, 3.05) is 11.1 Å². The van der Waals surface area contributed by atoms with E-state index in [1.165, 1.54) is 17.5 Å². The minimum atomic E-state index is -3.04. The molecule has 0 radical (unpaired) electrons. The summed E-state index contributed by atoms with van der Waals surface area (Å²) >= 11 is 0. The van der Waals surface area contributed by atoms with Crippen LogP contribution in [-0.2, 0) is 9.84 Å². The molecule has 0 aromatic heterocycles. The van der Waals surface area contributed by atoms with Gasteiger partial charge in [0.1, 0.15) is 5.82 Å². The maximum absolute atomic E-state index is 12.6. The van der Waals surface area contributed by atoms with Crippen LogP contribution in [-0.4, -0.2) is 20.2 Å². The molecule has 5 heteroatoms. The van der Waals surface area contributed by atoms with Crippen molar-refractivity contribution >= 4 is 15.5 Å². The Morgan fingerprint density at radius 2 is 1.93 bits per heavy atom. The fourth-order valence-electron chi connectivity index (χ4n) is 1.43. The number of hydrogen-bond acceptors (Lipinski definition) is 3. The first-order valence-corrected chi connectivity index (χ1v) is 6.20. The third-order valence-corrected chi connectivity index (χ3v) is 3.52. The van der Waals surface area contributed by atoms with E-state index in [4.69, 9.17) is 0 Å². The van der Waals surface area contributed by atoms with Crippen LogP contribution < -0.4 is 5.32 Å². The summed E-state index contributed by atoms with van der Waals surface area (Å²) < 4.78 is 34.8. The highest BCUT2D eigenvalue weighted by atomic mass is 32.2. The van der Waals surface area contributed by atoms with Crippen molar-refractivity contribution in [3.63, 3.8) is 0 Å². The van der Waals surface area contributed by atoms with Gasteiger partial charge in [-0.25, -0.2) is 12.8 Å². The summed E-state index contributed by atoms with van der Waals surface area (Å²) in [5, 5.41) is 4.19. The number of sulfone groups is 1. The van der Waals surface area contributed by atoms with Crippen molar-refractivity contribution in [1.82, 2.24) is 0 Å². The Kier molecular flexibility index (Phi) is 2.48. The SMILES string of the molecule is O=S1(=O)C=C[C@@H](Nc2ccc(F)cc2)C1. The van der Waals surface area contributed by atoms with Gasteiger partial charge in [-0.2, -0.15) is 0 Å². The van der Waals surface area contributed by atoms with Crippen molar-refractivity contribution in [3.05, 3.63) is 41.6 Å². The van der Waals surface area contributed by atoms with Crippen LogP contribution in [0.25, 0.3) is 0 Å². The van der Waals surface area contributed by atoms with E-state index in [-0.39, 0.29) is 17.6 Å². The van der Waals surface area contributed by atoms with E-state index < -0.39 is 9.84 Å². The zero-order valence-electron chi connectivity index (χ0n) is 7.85. The van der Waals surface area contributed by atoms with Gasteiger partial charge in [0.05, 0.1) is 11.8 Å². The van der Waals surface area contributed by atoms with Gasteiger partial charge in [-0.15, -0.1) is 0 Å². The Morgan fingerprint density at radius 3 is 2.47 bits per heavy atom. The largest absolute Gasteiger partial charge is 0.378 e. The molecule has 0 saturated heterocycles. The first-order valence-electron chi connectivity index (χ1n) is 4.48. The normalized spacial score (nSPS) is 22.9. The van der Waals surface area contributed by atoms with E-state index in [9.17, 15) is 12.8 Å². The van der Waals surface area contributed by atoms with Crippen LogP contribution in [0.3, 0.4) is 0 Å². The molecule has 1 aromatic rings. The summed E-state index contributed by atoms with van der Waals surface area (Å²) in [6.07, 6.45) is 1.60. The summed E-state index contributed by atoms with van der Waals surface area (Å²) in [7, 11) is -3.04. The summed E-state index contributed by atoms with van der Waals surface area (Å²) in [4.78, 5) is 0. The average molecular weight is 227 g/mol. The molecule has 1 aliphatic rings. The van der Waals surface area contributed by atoms with Gasteiger partial charge in [-0.3, -0.25) is 0 Å². The third-order valence-electron chi connectivity index (χ3n) is 2.13. The minimum Gasteiger partial charge on any atom is -0.378 e. The number of rotatable bonds is 2. The zero-order chi connectivity index (χ0) is 10.9. The molecule has 1 aliphatic heterocycles. The molecule has 0 saturated carbocycles. The first kappa shape index (κ1) is 10.2. The van der Waals surface area contributed by atoms with E-state index >= 15 is 0 Å². The maximum atomic E-state index is 12.6. The van der Waals surface area contributed by atoms with Gasteiger partial charge in [0, 0.05) is 11.1 Å². The van der Waals surface area contributed by atoms with E-state index in [0.717, 1.165) is 0 Å². The van der Waals surface area contributed by atoms with Crippen molar-refractivity contribution in [3.8, 4) is 0 Å². The van der Waals surface area contributed by atoms with E-state index in [2.05, 4.69) is 5.32 Å². The van der Waals surface area contributed by atoms with Crippen molar-refractivity contribution in [2.45, 2.75) is 6.04 Å². The predicted octanol–water partition coefficient (Wildman–Crippen LogP) is 1.55. The quantitative estimate of drug-likeness (QED) is 0.833. The number of benzene rings is 1. The van der Waals surface area contributed by atoms with Crippen LogP contribution in [0.4, 0.5) is 10.1 Å². The van der Waals surface area contributed by atoms with Crippen LogP contribution in [0.5, 0.6) is 0 Å². The van der Waals surface area contributed by atoms with Gasteiger partial charge in [-0.05, 0) is 24.3 Å². The van der Waals surface area contributed by atoms with Crippen LogP contribution in [0.1, 0.15) is 0 Å². The summed E-state index contributed by atoms with van der Waals surface area (Å²) in [5.74, 6) is -0.250. The Labute approximate surface area is 87.5 Å². The topological polar surface area (TPSA) is 46.2 Å². The smallest absolute Gasteiger partial charge is 0.173 e. The highest BCUT2D eigenvalue weighted by Crippen LogP contribution is 2.15. The predicted molar refractivity (Wildman–Crippen MR) is 56.7 cm³/mol. The monoisotopic (exact) mass is 227 g/mol. The number of halogens is 1. The molecule has 1 N–H and O–H groups in total. The summed E-state index contributed by atoms with van der Waals surface area (Å²) in [5.41, 5.74) is 0.711. The van der Waals surface area contributed by atoms with Gasteiger partial charge in [-0.1, -0.05) is 6.08 Å². The van der Waals surface area contributed by atoms with Gasteiger partial charge in [0.25, 0.3) is 0 Å². The standard InChI is InChI=1S/C10H10FNO2S/c11-8-1-3-9(4-2-8)12-10-5-6-15(13,14)7-10/h1-6,10,12H,7H2/t10-/m1/s1.